The third-order valence-electron chi connectivity index (χ3n) is 13.4. The van der Waals surface area contributed by atoms with Crippen LogP contribution in [0.4, 0.5) is 5.95 Å². The molecule has 6 aromatic rings. The summed E-state index contributed by atoms with van der Waals surface area (Å²) in [7, 11) is -1.02. The van der Waals surface area contributed by atoms with E-state index in [9.17, 15) is 0 Å². The molecule has 1 saturated heterocycles. The number of methoxy groups -OCH3 is 2. The maximum atomic E-state index is 7.20. The first-order chi connectivity index (χ1) is 30.3. The van der Waals surface area contributed by atoms with Crippen LogP contribution in [0.25, 0.3) is 11.2 Å². The highest BCUT2D eigenvalue weighted by Crippen LogP contribution is 2.45. The van der Waals surface area contributed by atoms with Gasteiger partial charge < -0.3 is 33.1 Å². The largest absolute Gasteiger partial charge is 0.497 e. The van der Waals surface area contributed by atoms with Gasteiger partial charge in [-0.15, -0.1) is 0 Å². The van der Waals surface area contributed by atoms with Crippen LogP contribution < -0.4 is 19.5 Å². The van der Waals surface area contributed by atoms with Gasteiger partial charge in [0, 0.05) is 6.42 Å². The second-order valence-corrected chi connectivity index (χ2v) is 29.9. The van der Waals surface area contributed by atoms with Crippen LogP contribution in [0.15, 0.2) is 114 Å². The lowest BCUT2D eigenvalue weighted by Crippen LogP contribution is -2.48. The van der Waals surface area contributed by atoms with Crippen LogP contribution in [-0.2, 0) is 25.7 Å². The van der Waals surface area contributed by atoms with Crippen molar-refractivity contribution in [1.29, 1.82) is 0 Å². The number of ether oxygens (including phenoxy) is 4. The van der Waals surface area contributed by atoms with Gasteiger partial charge in [-0.1, -0.05) is 126 Å². The van der Waals surface area contributed by atoms with Gasteiger partial charge in [0.25, 0.3) is 0 Å². The summed E-state index contributed by atoms with van der Waals surface area (Å²) in [5, 5.41) is 3.91. The molecule has 1 N–H and O–H groups in total. The van der Waals surface area contributed by atoms with E-state index in [4.69, 9.17) is 42.8 Å². The first kappa shape index (κ1) is 47.4. The van der Waals surface area contributed by atoms with Gasteiger partial charge in [-0.2, -0.15) is 9.97 Å². The van der Waals surface area contributed by atoms with Crippen molar-refractivity contribution < 1.29 is 27.8 Å². The van der Waals surface area contributed by atoms with E-state index < -0.39 is 28.4 Å². The Morgan fingerprint density at radius 1 is 0.703 bits per heavy atom. The van der Waals surface area contributed by atoms with E-state index >= 15 is 0 Å². The van der Waals surface area contributed by atoms with Gasteiger partial charge >= 0.3 is 0 Å². The molecule has 1 fully saturated rings. The Balaban J connectivity index is 1.39. The number of aromatic nitrogens is 4. The number of imidazole rings is 1. The quantitative estimate of drug-likeness (QED) is 0.0572. The van der Waals surface area contributed by atoms with E-state index in [1.165, 1.54) is 0 Å². The highest BCUT2D eigenvalue weighted by atomic mass is 79.9. The summed E-state index contributed by atoms with van der Waals surface area (Å²) in [6.07, 6.45) is -0.458. The van der Waals surface area contributed by atoms with Gasteiger partial charge in [0.15, 0.2) is 32.5 Å². The molecule has 0 amide bonds. The zero-order valence-electron chi connectivity index (χ0n) is 39.4. The molecule has 3 atom stereocenters. The van der Waals surface area contributed by atoms with Gasteiger partial charge in [0.1, 0.15) is 36.0 Å². The first-order valence-corrected chi connectivity index (χ1v) is 28.6. The minimum absolute atomic E-state index is 0.00395. The average molecular weight is 967 g/mol. The molecule has 64 heavy (non-hydrogen) atoms. The third-order valence-corrected chi connectivity index (χ3v) is 22.9. The van der Waals surface area contributed by atoms with Crippen molar-refractivity contribution in [2.75, 3.05) is 26.1 Å². The number of anilines is 1. The molecule has 0 unspecified atom stereocenters. The lowest BCUT2D eigenvalue weighted by molar-refractivity contribution is -0.0391. The highest BCUT2D eigenvalue weighted by Gasteiger charge is 2.47. The predicted molar refractivity (Wildman–Crippen MR) is 263 cm³/mol. The van der Waals surface area contributed by atoms with Gasteiger partial charge in [-0.3, -0.25) is 4.57 Å². The van der Waals surface area contributed by atoms with Crippen molar-refractivity contribution in [2.45, 2.75) is 115 Å². The summed E-state index contributed by atoms with van der Waals surface area (Å²) >= 11 is 3.85. The number of fused-ring (bicyclic) bond motifs is 1. The molecule has 0 radical (unpaired) electrons. The molecule has 3 heterocycles. The van der Waals surface area contributed by atoms with E-state index in [2.05, 4.69) is 125 Å². The first-order valence-electron chi connectivity index (χ1n) is 22.0. The van der Waals surface area contributed by atoms with Gasteiger partial charge in [-0.25, -0.2) is 4.98 Å². The van der Waals surface area contributed by atoms with Crippen LogP contribution in [0.2, 0.25) is 36.3 Å². The number of benzene rings is 4. The predicted octanol–water partition coefficient (Wildman–Crippen LogP) is 12.3. The van der Waals surface area contributed by atoms with E-state index in [0.717, 1.165) is 33.8 Å². The van der Waals surface area contributed by atoms with Crippen LogP contribution in [0, 0.1) is 0 Å². The molecular formula is C50H64BrN5O6Si2. The van der Waals surface area contributed by atoms with Crippen molar-refractivity contribution in [3.63, 3.8) is 0 Å². The zero-order chi connectivity index (χ0) is 46.1. The third kappa shape index (κ3) is 9.82. The van der Waals surface area contributed by atoms with Crippen LogP contribution in [0.5, 0.6) is 17.4 Å². The molecule has 340 valence electrons. The lowest BCUT2D eigenvalue weighted by Gasteiger charge is -2.40. The fraction of sp³-hybridized carbons (Fsp3) is 0.420. The van der Waals surface area contributed by atoms with Crippen LogP contribution in [0.3, 0.4) is 0 Å². The van der Waals surface area contributed by atoms with Gasteiger partial charge in [0.05, 0.1) is 26.9 Å². The lowest BCUT2D eigenvalue weighted by atomic mass is 9.77. The Bertz CT molecular complexity index is 2440. The molecule has 4 aromatic carbocycles. The topological polar surface area (TPSA) is 111 Å². The molecule has 11 nitrogen and oxygen atoms in total. The monoisotopic (exact) mass is 965 g/mol. The summed E-state index contributed by atoms with van der Waals surface area (Å²) in [5.74, 6) is 2.13. The molecule has 7 rings (SSSR count). The Morgan fingerprint density at radius 3 is 1.77 bits per heavy atom. The SMILES string of the molecule is COc1ccc(C(Nc2nc(OCc3ccccc3)c3nc(Br)n([C@H]4C[C@H](O[Si](C)(C)C(C)(C)C)[C@@H](CO[Si](C)(C)C(C)(C)C)O4)c3n2)(c2ccccc2)c2ccc(OC)cc2)cc1. The second kappa shape index (κ2) is 18.7. The fourth-order valence-corrected chi connectivity index (χ4v) is 10.5. The van der Waals surface area contributed by atoms with Crippen LogP contribution in [0.1, 0.15) is 76.4 Å². The molecule has 0 aliphatic carbocycles. The highest BCUT2D eigenvalue weighted by molar-refractivity contribution is 9.10. The molecular weight excluding hydrogens is 903 g/mol. The molecule has 1 aliphatic heterocycles. The number of hydrogen-bond acceptors (Lipinski definition) is 10. The summed E-state index contributed by atoms with van der Waals surface area (Å²) < 4.78 is 41.6. The van der Waals surface area contributed by atoms with Crippen molar-refractivity contribution in [2.24, 2.45) is 0 Å². The zero-order valence-corrected chi connectivity index (χ0v) is 42.9. The maximum Gasteiger partial charge on any atom is 0.247 e. The van der Waals surface area contributed by atoms with Gasteiger partial charge in [0.2, 0.25) is 11.8 Å². The van der Waals surface area contributed by atoms with E-state index in [1.807, 2.05) is 77.4 Å². The van der Waals surface area contributed by atoms with Gasteiger partial charge in [-0.05, 0) is 98.7 Å². The van der Waals surface area contributed by atoms with Crippen LogP contribution >= 0.6 is 15.9 Å². The van der Waals surface area contributed by atoms with E-state index in [1.54, 1.807) is 14.2 Å². The minimum Gasteiger partial charge on any atom is -0.497 e. The number of nitrogens with zero attached hydrogens (tertiary/aromatic N) is 4. The van der Waals surface area contributed by atoms with Crippen molar-refractivity contribution >= 4 is 49.7 Å². The molecule has 2 aromatic heterocycles. The summed E-state index contributed by atoms with van der Waals surface area (Å²) in [6.45, 7) is 23.4. The minimum atomic E-state index is -2.23. The molecule has 0 bridgehead atoms. The summed E-state index contributed by atoms with van der Waals surface area (Å²) in [4.78, 5) is 15.5. The Hall–Kier alpha value is -4.58. The molecule has 14 heteroatoms. The van der Waals surface area contributed by atoms with E-state index in [0.29, 0.717) is 40.8 Å². The summed E-state index contributed by atoms with van der Waals surface area (Å²) in [5.41, 5.74) is 3.86. The molecule has 1 aliphatic rings. The smallest absolute Gasteiger partial charge is 0.247 e. The van der Waals surface area contributed by atoms with E-state index in [-0.39, 0.29) is 28.9 Å². The number of hydrogen-bond donors (Lipinski definition) is 1. The summed E-state index contributed by atoms with van der Waals surface area (Å²) in [6, 6.07) is 36.5. The Kier molecular flexibility index (Phi) is 13.9. The standard InChI is InChI=1S/C50H64BrN5O6Si2/c1-48(2,3)63(9,10)60-33-41-40(62-64(11,12)49(4,5)6)31-42(61-41)56-44-43(52-46(56)51)45(59-32-34-19-15-13-16-20-34)54-47(53-44)55-50(35-21-17-14-18-22-35,36-23-27-38(57-7)28-24-36)37-25-29-39(58-8)30-26-37/h13-30,40-42H,31-33H2,1-12H3,(H,53,54,55)/t40-,41+,42+/m0/s1. The van der Waals surface area contributed by atoms with Crippen LogP contribution in [-0.4, -0.2) is 69.2 Å². The number of halogens is 1. The number of rotatable bonds is 16. The molecule has 0 spiro atoms. The fourth-order valence-electron chi connectivity index (χ4n) is 7.51. The Morgan fingerprint density at radius 2 is 1.23 bits per heavy atom. The Labute approximate surface area is 389 Å². The second-order valence-electron chi connectivity index (χ2n) is 19.6. The maximum absolute atomic E-state index is 7.20. The van der Waals surface area contributed by atoms with Crippen molar-refractivity contribution in [3.8, 4) is 17.4 Å². The average Bonchev–Trinajstić information content (AvgIpc) is 3.82. The normalized spacial score (nSPS) is 17.4. The van der Waals surface area contributed by atoms with Crippen molar-refractivity contribution in [3.05, 3.63) is 136 Å². The number of nitrogens with one attached hydrogen (secondary N) is 1. The molecule has 0 saturated carbocycles. The van der Waals surface area contributed by atoms with Crippen molar-refractivity contribution in [1.82, 2.24) is 19.5 Å².